The molecule has 1 amide bonds. The lowest BCUT2D eigenvalue weighted by molar-refractivity contribution is -0.124. The van der Waals surface area contributed by atoms with Gasteiger partial charge in [-0.05, 0) is 57.0 Å². The second-order valence-corrected chi connectivity index (χ2v) is 7.26. The maximum absolute atomic E-state index is 13.5. The molecule has 1 aromatic heterocycles. The van der Waals surface area contributed by atoms with Gasteiger partial charge in [-0.2, -0.15) is 5.10 Å². The number of carbonyl (C=O) groups excluding carboxylic acids is 1. The maximum atomic E-state index is 13.5. The molecule has 122 valence electrons. The van der Waals surface area contributed by atoms with Gasteiger partial charge in [0.1, 0.15) is 5.82 Å². The third-order valence-electron chi connectivity index (χ3n) is 5.24. The van der Waals surface area contributed by atoms with Crippen LogP contribution in [0.5, 0.6) is 0 Å². The Labute approximate surface area is 134 Å². The molecule has 1 saturated carbocycles. The maximum Gasteiger partial charge on any atom is 0.224 e. The topological polar surface area (TPSA) is 59.0 Å². The zero-order chi connectivity index (χ0) is 16.4. The molecule has 1 aliphatic carbocycles. The molecule has 0 radical (unpaired) electrons. The van der Waals surface area contributed by atoms with Gasteiger partial charge in [-0.25, -0.2) is 4.39 Å². The largest absolute Gasteiger partial charge is 0.345 e. The van der Waals surface area contributed by atoms with Gasteiger partial charge in [0.2, 0.25) is 5.91 Å². The highest BCUT2D eigenvalue weighted by Crippen LogP contribution is 2.49. The average molecular weight is 316 g/mol. The van der Waals surface area contributed by atoms with E-state index in [1.165, 1.54) is 12.1 Å². The van der Waals surface area contributed by atoms with E-state index in [0.29, 0.717) is 11.8 Å². The van der Waals surface area contributed by atoms with Crippen LogP contribution in [0.3, 0.4) is 0 Å². The fourth-order valence-corrected chi connectivity index (χ4v) is 3.95. The summed E-state index contributed by atoms with van der Waals surface area (Å²) in [4.78, 5) is 12.6. The van der Waals surface area contributed by atoms with E-state index < -0.39 is 5.54 Å². The Bertz CT molecular complexity index is 787. The van der Waals surface area contributed by atoms with Crippen LogP contribution in [0.2, 0.25) is 0 Å². The van der Waals surface area contributed by atoms with E-state index in [9.17, 15) is 9.18 Å². The Hall–Kier alpha value is -1.95. The van der Waals surface area contributed by atoms with E-state index >= 15 is 0 Å². The lowest BCUT2D eigenvalue weighted by Crippen LogP contribution is -2.43. The van der Waals surface area contributed by atoms with E-state index in [1.807, 2.05) is 13.8 Å². The Morgan fingerprint density at radius 2 is 2.09 bits per heavy atom. The van der Waals surface area contributed by atoms with Gasteiger partial charge in [0.15, 0.2) is 0 Å². The number of fused-ring (bicyclic) bond motifs is 2. The predicted octanol–water partition coefficient (Wildman–Crippen LogP) is 1.53. The molecule has 2 aliphatic rings. The smallest absolute Gasteiger partial charge is 0.224 e. The number of rotatable bonds is 3. The molecule has 1 aliphatic heterocycles. The summed E-state index contributed by atoms with van der Waals surface area (Å²) in [6.07, 6.45) is 0. The highest BCUT2D eigenvalue weighted by molar-refractivity contribution is 5.86. The molecule has 0 bridgehead atoms. The number of nitrogens with one attached hydrogen (secondary N) is 2. The summed E-state index contributed by atoms with van der Waals surface area (Å²) < 4.78 is 15.1. The molecule has 2 unspecified atom stereocenters. The van der Waals surface area contributed by atoms with Crippen LogP contribution in [-0.2, 0) is 17.4 Å². The van der Waals surface area contributed by atoms with Crippen LogP contribution in [0.1, 0.15) is 19.5 Å². The van der Waals surface area contributed by atoms with Gasteiger partial charge >= 0.3 is 0 Å². The first kappa shape index (κ1) is 14.6. The first-order chi connectivity index (χ1) is 10.9. The Morgan fingerprint density at radius 1 is 1.39 bits per heavy atom. The minimum atomic E-state index is -0.598. The normalized spacial score (nSPS) is 26.3. The van der Waals surface area contributed by atoms with Crippen molar-refractivity contribution >= 4 is 16.8 Å². The Morgan fingerprint density at radius 3 is 2.78 bits per heavy atom. The van der Waals surface area contributed by atoms with E-state index in [1.54, 1.807) is 17.8 Å². The molecule has 2 heterocycles. The minimum Gasteiger partial charge on any atom is -0.345 e. The summed E-state index contributed by atoms with van der Waals surface area (Å²) in [5.74, 6) is 0.920. The molecule has 0 spiro atoms. The zero-order valence-electron chi connectivity index (χ0n) is 13.6. The van der Waals surface area contributed by atoms with E-state index in [0.717, 1.165) is 29.7 Å². The zero-order valence-corrected chi connectivity index (χ0v) is 13.6. The van der Waals surface area contributed by atoms with E-state index in [2.05, 4.69) is 15.7 Å². The second kappa shape index (κ2) is 4.77. The van der Waals surface area contributed by atoms with Crippen molar-refractivity contribution in [2.75, 3.05) is 13.1 Å². The third-order valence-corrected chi connectivity index (χ3v) is 5.24. The summed E-state index contributed by atoms with van der Waals surface area (Å²) in [5, 5.41) is 11.9. The number of amides is 1. The van der Waals surface area contributed by atoms with Crippen molar-refractivity contribution in [2.24, 2.45) is 24.8 Å². The molecule has 2 N–H and O–H groups in total. The van der Waals surface area contributed by atoms with Crippen LogP contribution >= 0.6 is 0 Å². The van der Waals surface area contributed by atoms with Crippen molar-refractivity contribution in [3.63, 3.8) is 0 Å². The number of hydrogen-bond donors (Lipinski definition) is 2. The standard InChI is InChI=1S/C17H21FN4O/c1-17(2,20-16(23)14-11-7-19-8-12(11)14)15-10-5-4-9(18)6-13(10)22(3)21-15/h4-6,11-12,14,19H,7-8H2,1-3H3,(H,20,23)/t11-,12?,14?/m1/s1. The van der Waals surface area contributed by atoms with Gasteiger partial charge in [0, 0.05) is 18.4 Å². The summed E-state index contributed by atoms with van der Waals surface area (Å²) in [7, 11) is 1.79. The SMILES string of the molecule is Cn1nc(C(C)(C)NC(=O)C2C3CNC[C@H]32)c2ccc(F)cc21. The quantitative estimate of drug-likeness (QED) is 0.903. The molecule has 4 rings (SSSR count). The number of nitrogens with zero attached hydrogens (tertiary/aromatic N) is 2. The third kappa shape index (κ3) is 2.24. The lowest BCUT2D eigenvalue weighted by atomic mass is 9.96. The molecular weight excluding hydrogens is 295 g/mol. The van der Waals surface area contributed by atoms with Crippen LogP contribution in [0.4, 0.5) is 4.39 Å². The number of benzene rings is 1. The summed E-state index contributed by atoms with van der Waals surface area (Å²) in [6, 6.07) is 4.64. The molecule has 1 aromatic carbocycles. The van der Waals surface area contributed by atoms with Gasteiger partial charge < -0.3 is 10.6 Å². The molecular formula is C17H21FN4O. The van der Waals surface area contributed by atoms with E-state index in [4.69, 9.17) is 0 Å². The molecule has 2 fully saturated rings. The Kier molecular flexibility index (Phi) is 3.04. The monoisotopic (exact) mass is 316 g/mol. The summed E-state index contributed by atoms with van der Waals surface area (Å²) in [5.41, 5.74) is 0.903. The summed E-state index contributed by atoms with van der Waals surface area (Å²) >= 11 is 0. The first-order valence-electron chi connectivity index (χ1n) is 8.04. The number of hydrogen-bond acceptors (Lipinski definition) is 3. The Balaban J connectivity index is 1.62. The highest BCUT2D eigenvalue weighted by atomic mass is 19.1. The minimum absolute atomic E-state index is 0.104. The van der Waals surface area contributed by atoms with Gasteiger partial charge in [-0.15, -0.1) is 0 Å². The van der Waals surface area contributed by atoms with Crippen molar-refractivity contribution in [1.29, 1.82) is 0 Å². The van der Waals surface area contributed by atoms with Gasteiger partial charge in [0.05, 0.1) is 16.7 Å². The molecule has 1 saturated heterocycles. The van der Waals surface area contributed by atoms with Crippen molar-refractivity contribution < 1.29 is 9.18 Å². The van der Waals surface area contributed by atoms with Crippen LogP contribution < -0.4 is 10.6 Å². The van der Waals surface area contributed by atoms with Crippen molar-refractivity contribution in [3.05, 3.63) is 29.7 Å². The lowest BCUT2D eigenvalue weighted by Gasteiger charge is -2.25. The van der Waals surface area contributed by atoms with E-state index in [-0.39, 0.29) is 17.6 Å². The van der Waals surface area contributed by atoms with Gasteiger partial charge in [-0.1, -0.05) is 0 Å². The van der Waals surface area contributed by atoms with Crippen LogP contribution in [-0.4, -0.2) is 28.8 Å². The number of aryl methyl sites for hydroxylation is 1. The van der Waals surface area contributed by atoms with Crippen molar-refractivity contribution in [3.8, 4) is 0 Å². The number of halogens is 1. The fraction of sp³-hybridized carbons (Fsp3) is 0.529. The average Bonchev–Trinajstić information content (AvgIpc) is 2.81. The first-order valence-corrected chi connectivity index (χ1v) is 8.04. The molecule has 3 atom stereocenters. The van der Waals surface area contributed by atoms with Crippen LogP contribution in [0.25, 0.3) is 10.9 Å². The number of carbonyl (C=O) groups is 1. The van der Waals surface area contributed by atoms with Crippen LogP contribution in [0.15, 0.2) is 18.2 Å². The number of aromatic nitrogens is 2. The van der Waals surface area contributed by atoms with Gasteiger partial charge in [0.25, 0.3) is 0 Å². The van der Waals surface area contributed by atoms with Crippen molar-refractivity contribution in [1.82, 2.24) is 20.4 Å². The summed E-state index contributed by atoms with van der Waals surface area (Å²) in [6.45, 7) is 5.78. The molecule has 23 heavy (non-hydrogen) atoms. The van der Waals surface area contributed by atoms with Gasteiger partial charge in [-0.3, -0.25) is 9.48 Å². The molecule has 6 heteroatoms. The molecule has 2 aromatic rings. The fourth-order valence-electron chi connectivity index (χ4n) is 3.95. The van der Waals surface area contributed by atoms with Crippen LogP contribution in [0, 0.1) is 23.6 Å². The predicted molar refractivity (Wildman–Crippen MR) is 85.2 cm³/mol. The highest BCUT2D eigenvalue weighted by Gasteiger charge is 2.57. The second-order valence-electron chi connectivity index (χ2n) is 7.26. The number of piperidine rings is 1. The van der Waals surface area contributed by atoms with Crippen molar-refractivity contribution in [2.45, 2.75) is 19.4 Å². The molecule has 5 nitrogen and oxygen atoms in total.